The van der Waals surface area contributed by atoms with E-state index < -0.39 is 0 Å². The Kier molecular flexibility index (Phi) is 9.59. The van der Waals surface area contributed by atoms with Crippen LogP contribution in [0.4, 0.5) is 17.5 Å². The molecule has 0 aliphatic carbocycles. The highest BCUT2D eigenvalue weighted by atomic mass is 32.2. The Bertz CT molecular complexity index is 999. The van der Waals surface area contributed by atoms with Crippen LogP contribution in [0.3, 0.4) is 0 Å². The first kappa shape index (κ1) is 25.8. The molecule has 1 amide bonds. The summed E-state index contributed by atoms with van der Waals surface area (Å²) in [5.41, 5.74) is 1.30. The summed E-state index contributed by atoms with van der Waals surface area (Å²) < 4.78 is 6.44. The third kappa shape index (κ3) is 6.21. The second-order valence-corrected chi connectivity index (χ2v) is 8.93. The van der Waals surface area contributed by atoms with Crippen LogP contribution in [0.2, 0.25) is 0 Å². The molecule has 1 aromatic heterocycles. The van der Waals surface area contributed by atoms with Gasteiger partial charge in [0.2, 0.25) is 5.95 Å². The lowest BCUT2D eigenvalue weighted by atomic mass is 10.2. The fraction of sp³-hybridized carbons (Fsp3) is 0.480. The summed E-state index contributed by atoms with van der Waals surface area (Å²) in [7, 11) is 3.90. The molecule has 0 radical (unpaired) electrons. The number of ether oxygens (including phenoxy) is 1. The highest BCUT2D eigenvalue weighted by Gasteiger charge is 2.28. The Hall–Kier alpha value is -2.78. The van der Waals surface area contributed by atoms with Crippen molar-refractivity contribution in [3.63, 3.8) is 0 Å². The number of amides is 1. The van der Waals surface area contributed by atoms with Crippen LogP contribution in [0.25, 0.3) is 0 Å². The Labute approximate surface area is 207 Å². The van der Waals surface area contributed by atoms with Gasteiger partial charge in [-0.25, -0.2) is 4.98 Å². The van der Waals surface area contributed by atoms with Gasteiger partial charge >= 0.3 is 0 Å². The highest BCUT2D eigenvalue weighted by molar-refractivity contribution is 8.02. The van der Waals surface area contributed by atoms with Crippen molar-refractivity contribution in [1.29, 1.82) is 0 Å². The molecule has 1 aromatic carbocycles. The zero-order chi connectivity index (χ0) is 24.5. The molecule has 9 heteroatoms. The Morgan fingerprint density at radius 1 is 1.32 bits per heavy atom. The molecule has 1 unspecified atom stereocenters. The lowest BCUT2D eigenvalue weighted by molar-refractivity contribution is 0.0989. The summed E-state index contributed by atoms with van der Waals surface area (Å²) in [5.74, 6) is 1.82. The van der Waals surface area contributed by atoms with Gasteiger partial charge in [0, 0.05) is 56.0 Å². The van der Waals surface area contributed by atoms with Crippen molar-refractivity contribution in [3.05, 3.63) is 47.0 Å². The van der Waals surface area contributed by atoms with Gasteiger partial charge in [-0.15, -0.1) is 11.8 Å². The van der Waals surface area contributed by atoms with Gasteiger partial charge in [-0.1, -0.05) is 19.1 Å². The molecule has 184 valence electrons. The minimum Gasteiger partial charge on any atom is -0.485 e. The smallest absolute Gasteiger partial charge is 0.263 e. The largest absolute Gasteiger partial charge is 0.485 e. The minimum atomic E-state index is -0.109. The first-order valence-electron chi connectivity index (χ1n) is 11.8. The molecule has 1 atom stereocenters. The lowest BCUT2D eigenvalue weighted by Crippen LogP contribution is -2.33. The number of carbonyl (C=O) groups excluding carboxylic acids is 1. The van der Waals surface area contributed by atoms with Gasteiger partial charge in [0.15, 0.2) is 0 Å². The summed E-state index contributed by atoms with van der Waals surface area (Å²) in [6.45, 7) is 6.90. The van der Waals surface area contributed by atoms with Crippen molar-refractivity contribution < 1.29 is 9.53 Å². The number of allylic oxidation sites excluding steroid dienone is 1. The van der Waals surface area contributed by atoms with E-state index in [-0.39, 0.29) is 12.0 Å². The predicted molar refractivity (Wildman–Crippen MR) is 142 cm³/mol. The molecule has 34 heavy (non-hydrogen) atoms. The number of benzene rings is 1. The highest BCUT2D eigenvalue weighted by Crippen LogP contribution is 2.30. The molecule has 3 rings (SSSR count). The molecule has 1 aliphatic heterocycles. The first-order chi connectivity index (χ1) is 16.5. The molecule has 0 saturated carbocycles. The van der Waals surface area contributed by atoms with Crippen LogP contribution < -0.4 is 25.2 Å². The maximum atomic E-state index is 13.5. The molecule has 2 aromatic rings. The molecule has 0 saturated heterocycles. The van der Waals surface area contributed by atoms with Crippen molar-refractivity contribution in [2.75, 3.05) is 61.6 Å². The van der Waals surface area contributed by atoms with Gasteiger partial charge < -0.3 is 25.2 Å². The number of aromatic nitrogens is 2. The standard InChI is InChI=1S/C25H36N6O2S/c1-6-9-22(34-5)21(12-13-26-3)33-19-11-8-10-18(16-19)31-15-14-30(4)23-20(24(31)32)17-28-25(29-23)27-7-2/h8-11,16-17,21,26H,6-7,12-15H2,1-5H3,(H,27,28,29)/b22-9-. The van der Waals surface area contributed by atoms with Crippen molar-refractivity contribution in [3.8, 4) is 5.75 Å². The predicted octanol–water partition coefficient (Wildman–Crippen LogP) is 4.02. The van der Waals surface area contributed by atoms with Crippen LogP contribution in [0.15, 0.2) is 41.4 Å². The summed E-state index contributed by atoms with van der Waals surface area (Å²) in [5, 5.41) is 6.33. The van der Waals surface area contributed by atoms with E-state index in [0.29, 0.717) is 30.4 Å². The number of anilines is 3. The molecular formula is C25H36N6O2S. The van der Waals surface area contributed by atoms with Crippen molar-refractivity contribution >= 4 is 35.1 Å². The third-order valence-corrected chi connectivity index (χ3v) is 6.52. The maximum Gasteiger partial charge on any atom is 0.263 e. The fourth-order valence-corrected chi connectivity index (χ4v) is 4.64. The van der Waals surface area contributed by atoms with Gasteiger partial charge in [0.1, 0.15) is 23.2 Å². The van der Waals surface area contributed by atoms with E-state index in [1.54, 1.807) is 22.9 Å². The molecule has 0 fully saturated rings. The fourth-order valence-electron chi connectivity index (χ4n) is 3.88. The normalized spacial score (nSPS) is 15.1. The number of rotatable bonds is 11. The monoisotopic (exact) mass is 484 g/mol. The summed E-state index contributed by atoms with van der Waals surface area (Å²) in [4.78, 5) is 27.4. The van der Waals surface area contributed by atoms with Crippen LogP contribution in [0.5, 0.6) is 5.75 Å². The number of fused-ring (bicyclic) bond motifs is 1. The van der Waals surface area contributed by atoms with E-state index in [9.17, 15) is 4.79 Å². The van der Waals surface area contributed by atoms with Gasteiger partial charge in [0.05, 0.1) is 0 Å². The maximum absolute atomic E-state index is 13.5. The summed E-state index contributed by atoms with van der Waals surface area (Å²) >= 11 is 1.72. The number of thioether (sulfide) groups is 1. The van der Waals surface area contributed by atoms with E-state index in [4.69, 9.17) is 4.74 Å². The number of hydrogen-bond donors (Lipinski definition) is 2. The van der Waals surface area contributed by atoms with Crippen molar-refractivity contribution in [2.24, 2.45) is 0 Å². The number of likely N-dealkylation sites (N-methyl/N-ethyl adjacent to an activating group) is 1. The zero-order valence-corrected chi connectivity index (χ0v) is 21.6. The molecule has 2 heterocycles. The van der Waals surface area contributed by atoms with Crippen molar-refractivity contribution in [2.45, 2.75) is 32.8 Å². The molecule has 1 aliphatic rings. The molecular weight excluding hydrogens is 448 g/mol. The summed E-state index contributed by atoms with van der Waals surface area (Å²) in [6, 6.07) is 7.79. The second kappa shape index (κ2) is 12.6. The quantitative estimate of drug-likeness (QED) is 0.495. The van der Waals surface area contributed by atoms with E-state index in [1.807, 2.05) is 50.2 Å². The van der Waals surface area contributed by atoms with Crippen LogP contribution in [-0.4, -0.2) is 68.5 Å². The Balaban J connectivity index is 1.88. The minimum absolute atomic E-state index is 0.0396. The molecule has 8 nitrogen and oxygen atoms in total. The third-order valence-electron chi connectivity index (χ3n) is 5.62. The van der Waals surface area contributed by atoms with Crippen LogP contribution in [0.1, 0.15) is 37.0 Å². The molecule has 0 spiro atoms. The van der Waals surface area contributed by atoms with E-state index in [0.717, 1.165) is 37.4 Å². The lowest BCUT2D eigenvalue weighted by Gasteiger charge is -2.24. The number of hydrogen-bond acceptors (Lipinski definition) is 8. The average Bonchev–Trinajstić information content (AvgIpc) is 2.97. The van der Waals surface area contributed by atoms with Gasteiger partial charge in [-0.2, -0.15) is 4.98 Å². The number of nitrogens with zero attached hydrogens (tertiary/aromatic N) is 4. The van der Waals surface area contributed by atoms with Gasteiger partial charge in [-0.3, -0.25) is 4.79 Å². The number of carbonyl (C=O) groups is 1. The summed E-state index contributed by atoms with van der Waals surface area (Å²) in [6.07, 6.45) is 7.71. The topological polar surface area (TPSA) is 82.6 Å². The Morgan fingerprint density at radius 2 is 2.15 bits per heavy atom. The van der Waals surface area contributed by atoms with Gasteiger partial charge in [0.25, 0.3) is 5.91 Å². The van der Waals surface area contributed by atoms with Gasteiger partial charge in [-0.05, 0) is 45.3 Å². The Morgan fingerprint density at radius 3 is 2.85 bits per heavy atom. The SMILES string of the molecule is CC/C=C(\SC)C(CCNC)Oc1cccc(N2CCN(C)c3nc(NCC)ncc3C2=O)c1. The average molecular weight is 485 g/mol. The molecule has 2 N–H and O–H groups in total. The van der Waals surface area contributed by atoms with Crippen LogP contribution >= 0.6 is 11.8 Å². The van der Waals surface area contributed by atoms with Crippen LogP contribution in [0, 0.1) is 0 Å². The van der Waals surface area contributed by atoms with Crippen LogP contribution in [-0.2, 0) is 0 Å². The number of nitrogens with one attached hydrogen (secondary N) is 2. The second-order valence-electron chi connectivity index (χ2n) is 8.05. The molecule has 0 bridgehead atoms. The van der Waals surface area contributed by atoms with E-state index >= 15 is 0 Å². The van der Waals surface area contributed by atoms with E-state index in [2.05, 4.69) is 39.9 Å². The zero-order valence-electron chi connectivity index (χ0n) is 20.8. The van der Waals surface area contributed by atoms with E-state index in [1.165, 1.54) is 4.91 Å². The first-order valence-corrected chi connectivity index (χ1v) is 13.0. The van der Waals surface area contributed by atoms with Crippen molar-refractivity contribution in [1.82, 2.24) is 15.3 Å².